The lowest BCUT2D eigenvalue weighted by molar-refractivity contribution is 0.0369. The van der Waals surface area contributed by atoms with Gasteiger partial charge in [0.25, 0.3) is 0 Å². The maximum atomic E-state index is 12.0. The smallest absolute Gasteiger partial charge is 0.184 e. The molecule has 0 aromatic carbocycles. The van der Waals surface area contributed by atoms with Crippen LogP contribution < -0.4 is 0 Å². The highest BCUT2D eigenvalue weighted by Gasteiger charge is 2.15. The van der Waals surface area contributed by atoms with E-state index < -0.39 is 0 Å². The van der Waals surface area contributed by atoms with Gasteiger partial charge < -0.3 is 4.74 Å². The minimum absolute atomic E-state index is 0.136. The van der Waals surface area contributed by atoms with E-state index in [0.717, 1.165) is 45.0 Å². The van der Waals surface area contributed by atoms with Crippen molar-refractivity contribution in [3.8, 4) is 0 Å². The summed E-state index contributed by atoms with van der Waals surface area (Å²) < 4.78 is 7.08. The molecule has 0 radical (unpaired) electrons. The minimum atomic E-state index is 0.136. The number of morpholine rings is 1. The van der Waals surface area contributed by atoms with E-state index in [-0.39, 0.29) is 5.78 Å². The highest BCUT2D eigenvalue weighted by molar-refractivity contribution is 5.94. The number of carbonyl (C=O) groups is 1. The van der Waals surface area contributed by atoms with Gasteiger partial charge in [0.15, 0.2) is 5.78 Å². The Morgan fingerprint density at radius 2 is 2.17 bits per heavy atom. The second-order valence-corrected chi connectivity index (χ2v) is 4.63. The number of Topliss-reactive ketones (excluding diaryl/α,β-unsaturated/α-hetero) is 1. The molecule has 1 saturated heterocycles. The van der Waals surface area contributed by atoms with E-state index in [0.29, 0.717) is 12.1 Å². The van der Waals surface area contributed by atoms with Crippen LogP contribution in [0.2, 0.25) is 0 Å². The van der Waals surface area contributed by atoms with Gasteiger partial charge in [-0.15, -0.1) is 0 Å². The first kappa shape index (κ1) is 13.2. The van der Waals surface area contributed by atoms with Crippen LogP contribution in [-0.4, -0.2) is 53.3 Å². The molecule has 100 valence electrons. The lowest BCUT2D eigenvalue weighted by atomic mass is 10.2. The Morgan fingerprint density at radius 3 is 2.78 bits per heavy atom. The average molecular weight is 251 g/mol. The number of rotatable bonds is 5. The van der Waals surface area contributed by atoms with E-state index in [1.807, 2.05) is 13.1 Å². The molecule has 0 unspecified atom stereocenters. The van der Waals surface area contributed by atoms with Crippen LogP contribution in [0.5, 0.6) is 0 Å². The van der Waals surface area contributed by atoms with Crippen molar-refractivity contribution in [1.29, 1.82) is 0 Å². The molecule has 1 aliphatic rings. The standard InChI is InChI=1S/C13H21N3O2/c1-3-11-10-12(14-15(11)2)13(17)4-5-16-6-8-18-9-7-16/h10H,3-9H2,1-2H3. The summed E-state index contributed by atoms with van der Waals surface area (Å²) >= 11 is 0. The number of hydrogen-bond donors (Lipinski definition) is 0. The summed E-state index contributed by atoms with van der Waals surface area (Å²) in [5.74, 6) is 0.136. The van der Waals surface area contributed by atoms with E-state index in [4.69, 9.17) is 4.74 Å². The van der Waals surface area contributed by atoms with Crippen molar-refractivity contribution in [3.05, 3.63) is 17.5 Å². The summed E-state index contributed by atoms with van der Waals surface area (Å²) in [5.41, 5.74) is 1.70. The number of ether oxygens (including phenoxy) is 1. The van der Waals surface area contributed by atoms with Gasteiger partial charge in [0.1, 0.15) is 5.69 Å². The summed E-state index contributed by atoms with van der Waals surface area (Å²) in [6, 6.07) is 1.90. The van der Waals surface area contributed by atoms with Gasteiger partial charge >= 0.3 is 0 Å². The van der Waals surface area contributed by atoms with Crippen molar-refractivity contribution in [2.45, 2.75) is 19.8 Å². The fourth-order valence-corrected chi connectivity index (χ4v) is 2.19. The molecule has 18 heavy (non-hydrogen) atoms. The van der Waals surface area contributed by atoms with Gasteiger partial charge in [0.05, 0.1) is 13.2 Å². The van der Waals surface area contributed by atoms with Crippen molar-refractivity contribution in [3.63, 3.8) is 0 Å². The normalized spacial score (nSPS) is 17.0. The van der Waals surface area contributed by atoms with Crippen molar-refractivity contribution in [2.24, 2.45) is 7.05 Å². The van der Waals surface area contributed by atoms with Gasteiger partial charge in [-0.25, -0.2) is 0 Å². The van der Waals surface area contributed by atoms with Crippen LogP contribution >= 0.6 is 0 Å². The molecule has 1 aliphatic heterocycles. The summed E-state index contributed by atoms with van der Waals surface area (Å²) in [6.07, 6.45) is 1.44. The number of ketones is 1. The quantitative estimate of drug-likeness (QED) is 0.729. The molecule has 0 bridgehead atoms. The minimum Gasteiger partial charge on any atom is -0.379 e. The fraction of sp³-hybridized carbons (Fsp3) is 0.692. The molecular weight excluding hydrogens is 230 g/mol. The Bertz CT molecular complexity index is 408. The first-order valence-corrected chi connectivity index (χ1v) is 6.57. The molecule has 5 nitrogen and oxygen atoms in total. The molecule has 2 heterocycles. The molecule has 0 saturated carbocycles. The number of nitrogens with zero attached hydrogens (tertiary/aromatic N) is 3. The molecule has 0 N–H and O–H groups in total. The third kappa shape index (κ3) is 3.17. The van der Waals surface area contributed by atoms with E-state index in [1.54, 1.807) is 4.68 Å². The zero-order chi connectivity index (χ0) is 13.0. The van der Waals surface area contributed by atoms with E-state index in [1.165, 1.54) is 0 Å². The number of carbonyl (C=O) groups excluding carboxylic acids is 1. The Balaban J connectivity index is 1.86. The Morgan fingerprint density at radius 1 is 1.44 bits per heavy atom. The highest BCUT2D eigenvalue weighted by Crippen LogP contribution is 2.07. The summed E-state index contributed by atoms with van der Waals surface area (Å²) in [6.45, 7) is 6.28. The molecule has 1 aromatic heterocycles. The summed E-state index contributed by atoms with van der Waals surface area (Å²) in [7, 11) is 1.89. The van der Waals surface area contributed by atoms with Crippen LogP contribution in [-0.2, 0) is 18.2 Å². The SMILES string of the molecule is CCc1cc(C(=O)CCN2CCOCC2)nn1C. The Labute approximate surface area is 108 Å². The summed E-state index contributed by atoms with van der Waals surface area (Å²) in [4.78, 5) is 14.3. The zero-order valence-electron chi connectivity index (χ0n) is 11.2. The maximum Gasteiger partial charge on any atom is 0.184 e. The molecule has 2 rings (SSSR count). The second kappa shape index (κ2) is 6.11. The third-order valence-electron chi connectivity index (χ3n) is 3.38. The Kier molecular flexibility index (Phi) is 4.49. The molecule has 0 amide bonds. The predicted octanol–water partition coefficient (Wildman–Crippen LogP) is 0.887. The van der Waals surface area contributed by atoms with Crippen LogP contribution in [0.1, 0.15) is 29.5 Å². The van der Waals surface area contributed by atoms with Crippen molar-refractivity contribution in [1.82, 2.24) is 14.7 Å². The summed E-state index contributed by atoms with van der Waals surface area (Å²) in [5, 5.41) is 4.27. The molecule has 0 aliphatic carbocycles. The van der Waals surface area contributed by atoms with Gasteiger partial charge in [-0.1, -0.05) is 6.92 Å². The first-order valence-electron chi connectivity index (χ1n) is 6.57. The van der Waals surface area contributed by atoms with Crippen molar-refractivity contribution in [2.75, 3.05) is 32.8 Å². The van der Waals surface area contributed by atoms with E-state index in [9.17, 15) is 4.79 Å². The lowest BCUT2D eigenvalue weighted by Gasteiger charge is -2.25. The molecule has 5 heteroatoms. The van der Waals surface area contributed by atoms with Crippen LogP contribution in [0.3, 0.4) is 0 Å². The van der Waals surface area contributed by atoms with Crippen molar-refractivity contribution >= 4 is 5.78 Å². The van der Waals surface area contributed by atoms with Gasteiger partial charge in [-0.2, -0.15) is 5.10 Å². The molecular formula is C13H21N3O2. The third-order valence-corrected chi connectivity index (χ3v) is 3.38. The van der Waals surface area contributed by atoms with Crippen LogP contribution in [0.4, 0.5) is 0 Å². The fourth-order valence-electron chi connectivity index (χ4n) is 2.19. The first-order chi connectivity index (χ1) is 8.70. The van der Waals surface area contributed by atoms with Gasteiger partial charge in [0.2, 0.25) is 0 Å². The van der Waals surface area contributed by atoms with Crippen LogP contribution in [0, 0.1) is 0 Å². The predicted molar refractivity (Wildman–Crippen MR) is 68.8 cm³/mol. The maximum absolute atomic E-state index is 12.0. The molecule has 1 fully saturated rings. The van der Waals surface area contributed by atoms with Gasteiger partial charge in [-0.05, 0) is 12.5 Å². The van der Waals surface area contributed by atoms with E-state index >= 15 is 0 Å². The van der Waals surface area contributed by atoms with Gasteiger partial charge in [0, 0.05) is 38.8 Å². The number of aromatic nitrogens is 2. The monoisotopic (exact) mass is 251 g/mol. The van der Waals surface area contributed by atoms with Gasteiger partial charge in [-0.3, -0.25) is 14.4 Å². The Hall–Kier alpha value is -1.20. The van der Waals surface area contributed by atoms with Crippen LogP contribution in [0.25, 0.3) is 0 Å². The largest absolute Gasteiger partial charge is 0.379 e. The number of hydrogen-bond acceptors (Lipinski definition) is 4. The topological polar surface area (TPSA) is 47.4 Å². The lowest BCUT2D eigenvalue weighted by Crippen LogP contribution is -2.37. The molecule has 0 spiro atoms. The zero-order valence-corrected chi connectivity index (χ0v) is 11.2. The van der Waals surface area contributed by atoms with Crippen molar-refractivity contribution < 1.29 is 9.53 Å². The second-order valence-electron chi connectivity index (χ2n) is 4.63. The molecule has 0 atom stereocenters. The highest BCUT2D eigenvalue weighted by atomic mass is 16.5. The van der Waals surface area contributed by atoms with E-state index in [2.05, 4.69) is 16.9 Å². The molecule has 1 aromatic rings. The average Bonchev–Trinajstić information content (AvgIpc) is 2.78. The number of aryl methyl sites for hydroxylation is 2. The van der Waals surface area contributed by atoms with Crippen LogP contribution in [0.15, 0.2) is 6.07 Å².